The monoisotopic (exact) mass is 237 g/mol. The van der Waals surface area contributed by atoms with E-state index in [-0.39, 0.29) is 24.2 Å². The van der Waals surface area contributed by atoms with E-state index in [0.29, 0.717) is 6.42 Å². The highest BCUT2D eigenvalue weighted by Gasteiger charge is 2.24. The normalized spacial score (nSPS) is 13.8. The first kappa shape index (κ1) is 14.2. The average Bonchev–Trinajstić information content (AvgIpc) is 2.12. The lowest BCUT2D eigenvalue weighted by atomic mass is 10.4. The Labute approximate surface area is 90.8 Å². The number of hydrogen-bond donors (Lipinski definition) is 2. The van der Waals surface area contributed by atoms with E-state index < -0.39 is 10.0 Å². The minimum atomic E-state index is -3.32. The van der Waals surface area contributed by atoms with Crippen LogP contribution in [0.3, 0.4) is 0 Å². The van der Waals surface area contributed by atoms with Crippen molar-refractivity contribution >= 4 is 15.9 Å². The summed E-state index contributed by atoms with van der Waals surface area (Å²) < 4.78 is 24.7. The van der Waals surface area contributed by atoms with Gasteiger partial charge in [0.2, 0.25) is 10.0 Å². The van der Waals surface area contributed by atoms with E-state index in [2.05, 4.69) is 5.16 Å². The van der Waals surface area contributed by atoms with Crippen LogP contribution in [0.15, 0.2) is 5.16 Å². The van der Waals surface area contributed by atoms with E-state index in [4.69, 9.17) is 10.9 Å². The van der Waals surface area contributed by atoms with Gasteiger partial charge in [-0.25, -0.2) is 8.42 Å². The van der Waals surface area contributed by atoms with Gasteiger partial charge in [-0.2, -0.15) is 4.31 Å². The van der Waals surface area contributed by atoms with Crippen LogP contribution in [-0.2, 0) is 10.0 Å². The van der Waals surface area contributed by atoms with Crippen molar-refractivity contribution in [2.75, 3.05) is 12.3 Å². The molecule has 0 aliphatic carbocycles. The van der Waals surface area contributed by atoms with E-state index in [9.17, 15) is 8.42 Å². The van der Waals surface area contributed by atoms with Crippen LogP contribution in [0.25, 0.3) is 0 Å². The van der Waals surface area contributed by atoms with Crippen molar-refractivity contribution in [3.63, 3.8) is 0 Å². The fourth-order valence-corrected chi connectivity index (χ4v) is 2.89. The molecule has 0 rings (SSSR count). The molecule has 90 valence electrons. The molecule has 0 aromatic heterocycles. The summed E-state index contributed by atoms with van der Waals surface area (Å²) in [5, 5.41) is 11.2. The van der Waals surface area contributed by atoms with Gasteiger partial charge >= 0.3 is 0 Å². The molecule has 0 atom stereocenters. The largest absolute Gasteiger partial charge is 0.409 e. The van der Waals surface area contributed by atoms with E-state index >= 15 is 0 Å². The molecule has 0 aromatic rings. The zero-order valence-electron chi connectivity index (χ0n) is 9.34. The first-order valence-corrected chi connectivity index (χ1v) is 6.42. The van der Waals surface area contributed by atoms with Gasteiger partial charge in [-0.3, -0.25) is 0 Å². The van der Waals surface area contributed by atoms with Crippen LogP contribution in [0.2, 0.25) is 0 Å². The zero-order chi connectivity index (χ0) is 12.1. The van der Waals surface area contributed by atoms with Crippen LogP contribution in [0.5, 0.6) is 0 Å². The molecule has 6 nitrogen and oxygen atoms in total. The molecule has 0 saturated carbocycles. The number of oxime groups is 1. The minimum Gasteiger partial charge on any atom is -0.409 e. The van der Waals surface area contributed by atoms with Crippen molar-refractivity contribution in [1.29, 1.82) is 0 Å². The molecule has 0 heterocycles. The Morgan fingerprint density at radius 1 is 1.53 bits per heavy atom. The molecule has 0 fully saturated rings. The molecule has 0 aliphatic rings. The molecule has 7 heteroatoms. The van der Waals surface area contributed by atoms with E-state index in [0.717, 1.165) is 0 Å². The summed E-state index contributed by atoms with van der Waals surface area (Å²) in [6, 6.07) is -0.207. The van der Waals surface area contributed by atoms with Crippen LogP contribution in [0.4, 0.5) is 0 Å². The summed E-state index contributed by atoms with van der Waals surface area (Å²) in [7, 11) is -3.32. The SMILES string of the molecule is CCCS(=O)(=O)N(CC(N)=NO)C(C)C. The Balaban J connectivity index is 4.82. The molecule has 0 bridgehead atoms. The Morgan fingerprint density at radius 2 is 2.07 bits per heavy atom. The number of nitrogens with two attached hydrogens (primary N) is 1. The molecule has 0 aromatic carbocycles. The zero-order valence-corrected chi connectivity index (χ0v) is 10.2. The summed E-state index contributed by atoms with van der Waals surface area (Å²) in [5.74, 6) is -0.0347. The fraction of sp³-hybridized carbons (Fsp3) is 0.875. The standard InChI is InChI=1S/C8H19N3O3S/c1-4-5-15(13,14)11(7(2)3)6-8(9)10-12/h7,12H,4-6H2,1-3H3,(H2,9,10). The van der Waals surface area contributed by atoms with Gasteiger partial charge in [-0.1, -0.05) is 12.1 Å². The number of rotatable bonds is 6. The van der Waals surface area contributed by atoms with Crippen LogP contribution >= 0.6 is 0 Å². The van der Waals surface area contributed by atoms with Gasteiger partial charge < -0.3 is 10.9 Å². The number of sulfonamides is 1. The summed E-state index contributed by atoms with van der Waals surface area (Å²) in [5.41, 5.74) is 5.30. The first-order valence-electron chi connectivity index (χ1n) is 4.81. The van der Waals surface area contributed by atoms with Crippen molar-refractivity contribution in [3.8, 4) is 0 Å². The highest BCUT2D eigenvalue weighted by atomic mass is 32.2. The molecular weight excluding hydrogens is 218 g/mol. The Morgan fingerprint density at radius 3 is 2.40 bits per heavy atom. The van der Waals surface area contributed by atoms with E-state index in [1.54, 1.807) is 20.8 Å². The van der Waals surface area contributed by atoms with Crippen LogP contribution in [0, 0.1) is 0 Å². The van der Waals surface area contributed by atoms with Gasteiger partial charge in [0.25, 0.3) is 0 Å². The quantitative estimate of drug-likeness (QED) is 0.298. The number of hydrogen-bond acceptors (Lipinski definition) is 4. The maximum atomic E-state index is 11.8. The van der Waals surface area contributed by atoms with Gasteiger partial charge in [0.1, 0.15) is 0 Å². The first-order chi connectivity index (χ1) is 6.85. The number of amidine groups is 1. The van der Waals surface area contributed by atoms with Gasteiger partial charge in [-0.15, -0.1) is 0 Å². The van der Waals surface area contributed by atoms with E-state index in [1.165, 1.54) is 4.31 Å². The number of nitrogens with zero attached hydrogens (tertiary/aromatic N) is 2. The summed E-state index contributed by atoms with van der Waals surface area (Å²) in [6.07, 6.45) is 0.543. The third-order valence-corrected chi connectivity index (χ3v) is 4.03. The summed E-state index contributed by atoms with van der Waals surface area (Å²) in [4.78, 5) is 0. The predicted molar refractivity (Wildman–Crippen MR) is 59.3 cm³/mol. The van der Waals surface area contributed by atoms with Crippen LogP contribution in [0.1, 0.15) is 27.2 Å². The maximum Gasteiger partial charge on any atom is 0.214 e. The minimum absolute atomic E-state index is 0.0729. The molecule has 0 radical (unpaired) electrons. The van der Waals surface area contributed by atoms with Crippen molar-refractivity contribution in [2.45, 2.75) is 33.2 Å². The van der Waals surface area contributed by atoms with Crippen molar-refractivity contribution in [2.24, 2.45) is 10.9 Å². The van der Waals surface area contributed by atoms with Crippen molar-refractivity contribution in [3.05, 3.63) is 0 Å². The molecule has 0 amide bonds. The fourth-order valence-electron chi connectivity index (χ4n) is 1.17. The Bertz CT molecular complexity index is 311. The van der Waals surface area contributed by atoms with Gasteiger partial charge in [0.05, 0.1) is 12.3 Å². The third kappa shape index (κ3) is 4.48. The van der Waals surface area contributed by atoms with Gasteiger partial charge in [0, 0.05) is 6.04 Å². The van der Waals surface area contributed by atoms with Crippen molar-refractivity contribution < 1.29 is 13.6 Å². The topological polar surface area (TPSA) is 96.0 Å². The smallest absolute Gasteiger partial charge is 0.214 e. The molecule has 0 unspecified atom stereocenters. The second-order valence-electron chi connectivity index (χ2n) is 3.55. The lowest BCUT2D eigenvalue weighted by Crippen LogP contribution is -2.43. The average molecular weight is 237 g/mol. The van der Waals surface area contributed by atoms with Crippen LogP contribution in [-0.4, -0.2) is 42.1 Å². The van der Waals surface area contributed by atoms with Gasteiger partial charge in [-0.05, 0) is 20.3 Å². The molecular formula is C8H19N3O3S. The predicted octanol–water partition coefficient (Wildman–Crippen LogP) is 0.183. The highest BCUT2D eigenvalue weighted by Crippen LogP contribution is 2.08. The highest BCUT2D eigenvalue weighted by molar-refractivity contribution is 7.89. The molecule has 0 saturated heterocycles. The Kier molecular flexibility index (Phi) is 5.59. The molecule has 0 aliphatic heterocycles. The summed E-state index contributed by atoms with van der Waals surface area (Å²) >= 11 is 0. The maximum absolute atomic E-state index is 11.8. The van der Waals surface area contributed by atoms with E-state index in [1.807, 2.05) is 0 Å². The second-order valence-corrected chi connectivity index (χ2v) is 5.59. The molecule has 3 N–H and O–H groups in total. The summed E-state index contributed by atoms with van der Waals surface area (Å²) in [6.45, 7) is 5.21. The third-order valence-electron chi connectivity index (χ3n) is 1.84. The van der Waals surface area contributed by atoms with Crippen molar-refractivity contribution in [1.82, 2.24) is 4.31 Å². The molecule has 15 heavy (non-hydrogen) atoms. The lowest BCUT2D eigenvalue weighted by molar-refractivity contribution is 0.312. The molecule has 0 spiro atoms. The van der Waals surface area contributed by atoms with Crippen LogP contribution < -0.4 is 5.73 Å². The van der Waals surface area contributed by atoms with Gasteiger partial charge in [0.15, 0.2) is 5.84 Å². The Hall–Kier alpha value is -0.820. The second kappa shape index (κ2) is 5.92. The lowest BCUT2D eigenvalue weighted by Gasteiger charge is -2.24.